The molecule has 3 rings (SSSR count). The summed E-state index contributed by atoms with van der Waals surface area (Å²) in [6.45, 7) is 1.21. The van der Waals surface area contributed by atoms with Crippen LogP contribution in [0.15, 0.2) is 42.7 Å². The molecule has 1 aliphatic heterocycles. The zero-order valence-electron chi connectivity index (χ0n) is 14.1. The number of benzene rings is 1. The Morgan fingerprint density at radius 3 is 2.84 bits per heavy atom. The lowest BCUT2D eigenvalue weighted by Gasteiger charge is -2.18. The van der Waals surface area contributed by atoms with E-state index in [4.69, 9.17) is 4.74 Å². The summed E-state index contributed by atoms with van der Waals surface area (Å²) in [6, 6.07) is 9.08. The highest BCUT2D eigenvalue weighted by molar-refractivity contribution is 5.79. The fourth-order valence-corrected chi connectivity index (χ4v) is 3.06. The van der Waals surface area contributed by atoms with Crippen molar-refractivity contribution in [2.45, 2.75) is 12.5 Å². The van der Waals surface area contributed by atoms with Gasteiger partial charge in [-0.2, -0.15) is 0 Å². The van der Waals surface area contributed by atoms with Gasteiger partial charge in [-0.1, -0.05) is 12.1 Å². The number of nitrogens with zero attached hydrogens (tertiary/aromatic N) is 3. The molecular weight excluding hydrogens is 320 g/mol. The molecule has 2 N–H and O–H groups in total. The third kappa shape index (κ3) is 4.24. The number of amides is 1. The van der Waals surface area contributed by atoms with E-state index >= 15 is 0 Å². The molecule has 1 amide bonds. The van der Waals surface area contributed by atoms with Crippen LogP contribution in [0.1, 0.15) is 5.56 Å². The Balaban J connectivity index is 1.61. The Hall–Kier alpha value is -2.67. The lowest BCUT2D eigenvalue weighted by Crippen LogP contribution is -2.42. The van der Waals surface area contributed by atoms with E-state index in [1.807, 2.05) is 29.2 Å². The average Bonchev–Trinajstić information content (AvgIpc) is 3.05. The fourth-order valence-electron chi connectivity index (χ4n) is 3.06. The SMILES string of the molecule is COc1cccc(CC(=O)NC2CN(c3ncccn3)CC2CO)c1. The minimum atomic E-state index is -0.132. The second kappa shape index (κ2) is 7.94. The van der Waals surface area contributed by atoms with E-state index in [1.165, 1.54) is 0 Å². The molecule has 0 saturated carbocycles. The first-order valence-corrected chi connectivity index (χ1v) is 8.24. The van der Waals surface area contributed by atoms with Gasteiger partial charge in [0.05, 0.1) is 19.6 Å². The molecule has 1 fully saturated rings. The van der Waals surface area contributed by atoms with Gasteiger partial charge in [0.1, 0.15) is 5.75 Å². The molecule has 1 saturated heterocycles. The normalized spacial score (nSPS) is 19.7. The van der Waals surface area contributed by atoms with Gasteiger partial charge in [-0.05, 0) is 23.8 Å². The Labute approximate surface area is 146 Å². The van der Waals surface area contributed by atoms with Crippen LogP contribution in [0.2, 0.25) is 0 Å². The Bertz CT molecular complexity index is 710. The number of carbonyl (C=O) groups is 1. The molecule has 2 aromatic rings. The number of carbonyl (C=O) groups excluding carboxylic acids is 1. The zero-order chi connectivity index (χ0) is 17.6. The van der Waals surface area contributed by atoms with Crippen molar-refractivity contribution < 1.29 is 14.6 Å². The molecule has 0 spiro atoms. The van der Waals surface area contributed by atoms with Crippen molar-refractivity contribution in [2.24, 2.45) is 5.92 Å². The van der Waals surface area contributed by atoms with E-state index in [1.54, 1.807) is 25.6 Å². The van der Waals surface area contributed by atoms with Gasteiger partial charge >= 0.3 is 0 Å². The number of hydrogen-bond donors (Lipinski definition) is 2. The first kappa shape index (κ1) is 17.2. The lowest BCUT2D eigenvalue weighted by molar-refractivity contribution is -0.121. The smallest absolute Gasteiger partial charge is 0.225 e. The number of aliphatic hydroxyl groups excluding tert-OH is 1. The van der Waals surface area contributed by atoms with Crippen LogP contribution in [-0.4, -0.2) is 53.8 Å². The van der Waals surface area contributed by atoms with Gasteiger partial charge in [-0.15, -0.1) is 0 Å². The second-order valence-corrected chi connectivity index (χ2v) is 6.10. The van der Waals surface area contributed by atoms with Crippen LogP contribution in [-0.2, 0) is 11.2 Å². The lowest BCUT2D eigenvalue weighted by atomic mass is 10.0. The molecule has 7 heteroatoms. The Morgan fingerprint density at radius 1 is 1.32 bits per heavy atom. The Kier molecular flexibility index (Phi) is 5.45. The molecule has 7 nitrogen and oxygen atoms in total. The van der Waals surface area contributed by atoms with Gasteiger partial charge in [-0.3, -0.25) is 4.79 Å². The summed E-state index contributed by atoms with van der Waals surface area (Å²) in [5.41, 5.74) is 0.888. The van der Waals surface area contributed by atoms with Crippen molar-refractivity contribution in [1.29, 1.82) is 0 Å². The summed E-state index contributed by atoms with van der Waals surface area (Å²) in [4.78, 5) is 22.8. The summed E-state index contributed by atoms with van der Waals surface area (Å²) in [5, 5.41) is 12.7. The number of aliphatic hydroxyl groups is 1. The number of anilines is 1. The second-order valence-electron chi connectivity index (χ2n) is 6.10. The van der Waals surface area contributed by atoms with Gasteiger partial charge in [0.2, 0.25) is 11.9 Å². The highest BCUT2D eigenvalue weighted by Gasteiger charge is 2.34. The highest BCUT2D eigenvalue weighted by Crippen LogP contribution is 2.21. The van der Waals surface area contributed by atoms with Crippen LogP contribution in [0.3, 0.4) is 0 Å². The molecule has 2 unspecified atom stereocenters. The number of ether oxygens (including phenoxy) is 1. The third-order valence-corrected chi connectivity index (χ3v) is 4.36. The van der Waals surface area contributed by atoms with Gasteiger partial charge in [0.15, 0.2) is 0 Å². The maximum Gasteiger partial charge on any atom is 0.225 e. The van der Waals surface area contributed by atoms with Crippen molar-refractivity contribution in [2.75, 3.05) is 31.7 Å². The maximum atomic E-state index is 12.4. The fraction of sp³-hybridized carbons (Fsp3) is 0.389. The molecule has 2 atom stereocenters. The van der Waals surface area contributed by atoms with Crippen molar-refractivity contribution >= 4 is 11.9 Å². The molecule has 0 bridgehead atoms. The molecule has 2 heterocycles. The molecule has 0 aliphatic carbocycles. The monoisotopic (exact) mass is 342 g/mol. The van der Waals surface area contributed by atoms with E-state index in [9.17, 15) is 9.90 Å². The molecule has 0 radical (unpaired) electrons. The van der Waals surface area contributed by atoms with Gasteiger partial charge in [0, 0.05) is 38.0 Å². The van der Waals surface area contributed by atoms with Crippen LogP contribution in [0.4, 0.5) is 5.95 Å². The van der Waals surface area contributed by atoms with Gasteiger partial charge in [0.25, 0.3) is 0 Å². The molecule has 25 heavy (non-hydrogen) atoms. The zero-order valence-corrected chi connectivity index (χ0v) is 14.1. The minimum Gasteiger partial charge on any atom is -0.497 e. The predicted octanol–water partition coefficient (Wildman–Crippen LogP) is 0.641. The van der Waals surface area contributed by atoms with Crippen LogP contribution >= 0.6 is 0 Å². The Morgan fingerprint density at radius 2 is 2.12 bits per heavy atom. The van der Waals surface area contributed by atoms with Crippen LogP contribution in [0.25, 0.3) is 0 Å². The van der Waals surface area contributed by atoms with Gasteiger partial charge in [-0.25, -0.2) is 9.97 Å². The molecule has 1 aromatic heterocycles. The maximum absolute atomic E-state index is 12.4. The number of rotatable bonds is 6. The van der Waals surface area contributed by atoms with Gasteiger partial charge < -0.3 is 20.1 Å². The van der Waals surface area contributed by atoms with E-state index in [-0.39, 0.29) is 30.9 Å². The van der Waals surface area contributed by atoms with Crippen LogP contribution in [0.5, 0.6) is 5.75 Å². The summed E-state index contributed by atoms with van der Waals surface area (Å²) in [7, 11) is 1.60. The van der Waals surface area contributed by atoms with E-state index in [2.05, 4.69) is 15.3 Å². The van der Waals surface area contributed by atoms with E-state index in [0.29, 0.717) is 19.0 Å². The number of nitrogens with one attached hydrogen (secondary N) is 1. The van der Waals surface area contributed by atoms with Crippen molar-refractivity contribution in [3.8, 4) is 5.75 Å². The molecule has 1 aliphatic rings. The first-order chi connectivity index (χ1) is 12.2. The third-order valence-electron chi connectivity index (χ3n) is 4.36. The number of methoxy groups -OCH3 is 1. The summed E-state index contributed by atoms with van der Waals surface area (Å²) in [5.74, 6) is 1.22. The number of hydrogen-bond acceptors (Lipinski definition) is 6. The molecular formula is C18H22N4O3. The van der Waals surface area contributed by atoms with Crippen LogP contribution < -0.4 is 15.0 Å². The topological polar surface area (TPSA) is 87.6 Å². The number of aromatic nitrogens is 2. The average molecular weight is 342 g/mol. The molecule has 132 valence electrons. The van der Waals surface area contributed by atoms with Crippen molar-refractivity contribution in [3.63, 3.8) is 0 Å². The van der Waals surface area contributed by atoms with Crippen molar-refractivity contribution in [1.82, 2.24) is 15.3 Å². The minimum absolute atomic E-state index is 0.00738. The standard InChI is InChI=1S/C18H22N4O3/c1-25-15-5-2-4-13(8-15)9-17(24)21-16-11-22(10-14(16)12-23)18-19-6-3-7-20-18/h2-8,14,16,23H,9-12H2,1H3,(H,21,24). The van der Waals surface area contributed by atoms with Crippen molar-refractivity contribution in [3.05, 3.63) is 48.3 Å². The largest absolute Gasteiger partial charge is 0.497 e. The van der Waals surface area contributed by atoms with E-state index < -0.39 is 0 Å². The highest BCUT2D eigenvalue weighted by atomic mass is 16.5. The molecule has 1 aromatic carbocycles. The summed E-state index contributed by atoms with van der Waals surface area (Å²) in [6.07, 6.45) is 3.64. The summed E-state index contributed by atoms with van der Waals surface area (Å²) < 4.78 is 5.18. The first-order valence-electron chi connectivity index (χ1n) is 8.24. The van der Waals surface area contributed by atoms with E-state index in [0.717, 1.165) is 11.3 Å². The predicted molar refractivity (Wildman–Crippen MR) is 93.4 cm³/mol. The summed E-state index contributed by atoms with van der Waals surface area (Å²) >= 11 is 0. The van der Waals surface area contributed by atoms with Crippen LogP contribution in [0, 0.1) is 5.92 Å². The quantitative estimate of drug-likeness (QED) is 0.801.